The molecule has 0 saturated heterocycles. The van der Waals surface area contributed by atoms with E-state index in [0.717, 1.165) is 0 Å². The predicted molar refractivity (Wildman–Crippen MR) is 112 cm³/mol. The fourth-order valence-electron chi connectivity index (χ4n) is 2.40. The van der Waals surface area contributed by atoms with Crippen molar-refractivity contribution in [2.75, 3.05) is 10.6 Å². The lowest BCUT2D eigenvalue weighted by molar-refractivity contribution is -0.115. The molecule has 28 heavy (non-hydrogen) atoms. The summed E-state index contributed by atoms with van der Waals surface area (Å²) in [6, 6.07) is 13.1. The van der Waals surface area contributed by atoms with E-state index >= 15 is 0 Å². The Hall–Kier alpha value is -2.47. The van der Waals surface area contributed by atoms with Gasteiger partial charge >= 0.3 is 0 Å². The topological polar surface area (TPSA) is 71.3 Å². The van der Waals surface area contributed by atoms with Crippen molar-refractivity contribution in [3.63, 3.8) is 0 Å². The number of anilines is 2. The lowest BCUT2D eigenvalue weighted by Crippen LogP contribution is -2.13. The Bertz CT molecular complexity index is 1050. The Morgan fingerprint density at radius 1 is 0.893 bits per heavy atom. The molecule has 144 valence electrons. The minimum Gasteiger partial charge on any atom is -0.451 e. The molecule has 0 atom stereocenters. The molecule has 0 saturated carbocycles. The molecule has 0 aliphatic rings. The molecule has 5 nitrogen and oxygen atoms in total. The van der Waals surface area contributed by atoms with Crippen LogP contribution < -0.4 is 10.6 Å². The van der Waals surface area contributed by atoms with Crippen LogP contribution >= 0.6 is 34.8 Å². The Labute approximate surface area is 176 Å². The molecule has 3 aromatic rings. The molecule has 2 N–H and O–H groups in total. The number of hydrogen-bond donors (Lipinski definition) is 2. The van der Waals surface area contributed by atoms with Crippen molar-refractivity contribution in [2.24, 2.45) is 0 Å². The Balaban J connectivity index is 1.78. The highest BCUT2D eigenvalue weighted by Crippen LogP contribution is 2.30. The van der Waals surface area contributed by atoms with Gasteiger partial charge in [-0.3, -0.25) is 9.59 Å². The lowest BCUT2D eigenvalue weighted by Gasteiger charge is -2.09. The van der Waals surface area contributed by atoms with Gasteiger partial charge in [-0.05, 0) is 48.5 Å². The molecule has 0 aliphatic heterocycles. The number of furan rings is 1. The number of halogens is 3. The van der Waals surface area contributed by atoms with Crippen molar-refractivity contribution in [1.82, 2.24) is 0 Å². The van der Waals surface area contributed by atoms with E-state index in [1.807, 2.05) is 0 Å². The summed E-state index contributed by atoms with van der Waals surface area (Å²) < 4.78 is 5.62. The van der Waals surface area contributed by atoms with Crippen LogP contribution in [-0.4, -0.2) is 11.8 Å². The minimum absolute atomic E-state index is 0.0973. The van der Waals surface area contributed by atoms with Crippen LogP contribution in [0.1, 0.15) is 23.9 Å². The van der Waals surface area contributed by atoms with Crippen LogP contribution in [0.15, 0.2) is 52.9 Å². The van der Waals surface area contributed by atoms with E-state index in [4.69, 9.17) is 39.2 Å². The average Bonchev–Trinajstić information content (AvgIpc) is 3.17. The third-order valence-corrected chi connectivity index (χ3v) is 4.92. The second-order valence-corrected chi connectivity index (χ2v) is 7.06. The monoisotopic (exact) mass is 436 g/mol. The summed E-state index contributed by atoms with van der Waals surface area (Å²) >= 11 is 18.1. The lowest BCUT2D eigenvalue weighted by atomic mass is 10.2. The number of benzene rings is 2. The summed E-state index contributed by atoms with van der Waals surface area (Å²) in [6.07, 6.45) is 0.341. The van der Waals surface area contributed by atoms with E-state index in [0.29, 0.717) is 44.2 Å². The van der Waals surface area contributed by atoms with Crippen molar-refractivity contribution in [1.29, 1.82) is 0 Å². The molecule has 0 bridgehead atoms. The first-order valence-electron chi connectivity index (χ1n) is 8.33. The summed E-state index contributed by atoms with van der Waals surface area (Å²) in [6.45, 7) is 1.75. The van der Waals surface area contributed by atoms with Gasteiger partial charge in [0.1, 0.15) is 5.76 Å². The summed E-state index contributed by atoms with van der Waals surface area (Å²) in [4.78, 5) is 24.1. The largest absolute Gasteiger partial charge is 0.451 e. The first-order chi connectivity index (χ1) is 13.4. The maximum Gasteiger partial charge on any atom is 0.291 e. The SMILES string of the molecule is CCC(=O)Nc1ccc(Cl)c(NC(=O)c2ccc(-c3ccc(Cl)c(Cl)c3)o2)c1. The van der Waals surface area contributed by atoms with Crippen molar-refractivity contribution in [3.8, 4) is 11.3 Å². The van der Waals surface area contributed by atoms with Crippen LogP contribution in [0.5, 0.6) is 0 Å². The van der Waals surface area contributed by atoms with Gasteiger partial charge in [0, 0.05) is 17.7 Å². The molecule has 0 radical (unpaired) electrons. The Kier molecular flexibility index (Phi) is 6.29. The van der Waals surface area contributed by atoms with Crippen LogP contribution in [0.3, 0.4) is 0 Å². The zero-order valence-electron chi connectivity index (χ0n) is 14.7. The minimum atomic E-state index is -0.479. The fraction of sp³-hybridized carbons (Fsp3) is 0.100. The predicted octanol–water partition coefficient (Wildman–Crippen LogP) is 6.51. The number of hydrogen-bond acceptors (Lipinski definition) is 3. The van der Waals surface area contributed by atoms with Crippen molar-refractivity contribution in [3.05, 3.63) is 69.4 Å². The smallest absolute Gasteiger partial charge is 0.291 e. The van der Waals surface area contributed by atoms with Gasteiger partial charge in [0.05, 0.1) is 20.8 Å². The van der Waals surface area contributed by atoms with E-state index in [9.17, 15) is 9.59 Å². The van der Waals surface area contributed by atoms with Gasteiger partial charge in [-0.2, -0.15) is 0 Å². The van der Waals surface area contributed by atoms with Crippen molar-refractivity contribution >= 4 is 58.0 Å². The zero-order valence-corrected chi connectivity index (χ0v) is 17.0. The molecule has 0 unspecified atom stereocenters. The Morgan fingerprint density at radius 3 is 2.36 bits per heavy atom. The van der Waals surface area contributed by atoms with E-state index in [2.05, 4.69) is 10.6 Å². The standard InChI is InChI=1S/C20H15Cl3N2O3/c1-2-19(26)24-12-4-6-14(22)16(10-12)25-20(27)18-8-7-17(28-18)11-3-5-13(21)15(23)9-11/h3-10H,2H2,1H3,(H,24,26)(H,25,27). The highest BCUT2D eigenvalue weighted by molar-refractivity contribution is 6.42. The number of nitrogens with one attached hydrogen (secondary N) is 2. The summed E-state index contributed by atoms with van der Waals surface area (Å²) in [7, 11) is 0. The molecule has 0 fully saturated rings. The first kappa shape index (κ1) is 20.3. The highest BCUT2D eigenvalue weighted by atomic mass is 35.5. The fourth-order valence-corrected chi connectivity index (χ4v) is 2.86. The summed E-state index contributed by atoms with van der Waals surface area (Å²) in [5.41, 5.74) is 1.58. The second-order valence-electron chi connectivity index (χ2n) is 5.84. The normalized spacial score (nSPS) is 10.6. The van der Waals surface area contributed by atoms with Gasteiger partial charge in [-0.15, -0.1) is 0 Å². The quantitative estimate of drug-likeness (QED) is 0.478. The van der Waals surface area contributed by atoms with Crippen LogP contribution in [-0.2, 0) is 4.79 Å². The van der Waals surface area contributed by atoms with Gasteiger partial charge in [0.2, 0.25) is 5.91 Å². The zero-order chi connectivity index (χ0) is 20.3. The van der Waals surface area contributed by atoms with Crippen LogP contribution in [0.25, 0.3) is 11.3 Å². The molecule has 2 amide bonds. The molecule has 1 heterocycles. The number of amides is 2. The van der Waals surface area contributed by atoms with Gasteiger partial charge in [0.15, 0.2) is 5.76 Å². The summed E-state index contributed by atoms with van der Waals surface area (Å²) in [5.74, 6) is -0.0528. The van der Waals surface area contributed by atoms with E-state index in [-0.39, 0.29) is 11.7 Å². The van der Waals surface area contributed by atoms with Gasteiger partial charge in [-0.1, -0.05) is 41.7 Å². The molecule has 8 heteroatoms. The van der Waals surface area contributed by atoms with Crippen molar-refractivity contribution < 1.29 is 14.0 Å². The number of rotatable bonds is 5. The van der Waals surface area contributed by atoms with Crippen LogP contribution in [0.2, 0.25) is 15.1 Å². The molecular formula is C20H15Cl3N2O3. The molecule has 0 aliphatic carbocycles. The van der Waals surface area contributed by atoms with Crippen LogP contribution in [0, 0.1) is 0 Å². The van der Waals surface area contributed by atoms with Gasteiger partial charge in [-0.25, -0.2) is 0 Å². The molecule has 1 aromatic heterocycles. The average molecular weight is 438 g/mol. The third-order valence-electron chi connectivity index (χ3n) is 3.85. The maximum absolute atomic E-state index is 12.5. The van der Waals surface area contributed by atoms with Crippen molar-refractivity contribution in [2.45, 2.75) is 13.3 Å². The molecular weight excluding hydrogens is 423 g/mol. The van der Waals surface area contributed by atoms with E-state index in [1.54, 1.807) is 55.5 Å². The van der Waals surface area contributed by atoms with E-state index < -0.39 is 5.91 Å². The molecule has 2 aromatic carbocycles. The maximum atomic E-state index is 12.5. The number of carbonyl (C=O) groups excluding carboxylic acids is 2. The first-order valence-corrected chi connectivity index (χ1v) is 9.46. The number of carbonyl (C=O) groups is 2. The summed E-state index contributed by atoms with van der Waals surface area (Å²) in [5, 5.41) is 6.54. The van der Waals surface area contributed by atoms with Gasteiger partial charge < -0.3 is 15.1 Å². The van der Waals surface area contributed by atoms with E-state index in [1.165, 1.54) is 0 Å². The highest BCUT2D eigenvalue weighted by Gasteiger charge is 2.15. The third kappa shape index (κ3) is 4.68. The molecule has 0 spiro atoms. The Morgan fingerprint density at radius 2 is 1.64 bits per heavy atom. The molecule has 3 rings (SSSR count). The second kappa shape index (κ2) is 8.69. The van der Waals surface area contributed by atoms with Gasteiger partial charge in [0.25, 0.3) is 5.91 Å². The van der Waals surface area contributed by atoms with Crippen LogP contribution in [0.4, 0.5) is 11.4 Å².